The van der Waals surface area contributed by atoms with Crippen molar-refractivity contribution in [1.29, 1.82) is 0 Å². The summed E-state index contributed by atoms with van der Waals surface area (Å²) in [5, 5.41) is 21.9. The van der Waals surface area contributed by atoms with Gasteiger partial charge in [0.25, 0.3) is 0 Å². The molecule has 4 rings (SSSR count). The Kier molecular flexibility index (Phi) is 29.1. The van der Waals surface area contributed by atoms with Crippen LogP contribution >= 0.6 is 15.9 Å². The Hall–Kier alpha value is -5.98. The Morgan fingerprint density at radius 3 is 2.20 bits per heavy atom. The summed E-state index contributed by atoms with van der Waals surface area (Å²) in [5.41, 5.74) is 1.41. The van der Waals surface area contributed by atoms with E-state index in [9.17, 15) is 43.5 Å². The summed E-state index contributed by atoms with van der Waals surface area (Å²) in [6, 6.07) is 11.1. The molecule has 462 valence electrons. The van der Waals surface area contributed by atoms with Crippen LogP contribution in [-0.2, 0) is 63.8 Å². The minimum atomic E-state index is -0.998. The number of Topliss-reactive ketones (excluding diaryl/α,β-unsaturated/α-hetero) is 1. The number of rotatable bonds is 30. The number of likely N-dealkylation sites (tertiary alicyclic amines) is 1. The summed E-state index contributed by atoms with van der Waals surface area (Å²) >= 11 is 3.07. The number of alkyl halides is 1. The number of benzene rings is 2. The Labute approximate surface area is 497 Å². The third kappa shape index (κ3) is 20.7. The first-order chi connectivity index (χ1) is 39.5. The number of aliphatic hydroxyl groups excluding tert-OH is 1. The van der Waals surface area contributed by atoms with Crippen molar-refractivity contribution in [1.82, 2.24) is 25.3 Å². The van der Waals surface area contributed by atoms with E-state index in [1.54, 1.807) is 74.9 Å². The average Bonchev–Trinajstić information content (AvgIpc) is 4.15. The number of hydrogen-bond acceptors (Lipinski definition) is 15. The molecular formula is C60H90BrN7O15. The first-order valence-electron chi connectivity index (χ1n) is 28.6. The molecule has 23 heteroatoms. The molecule has 22 nitrogen and oxygen atoms in total. The highest BCUT2D eigenvalue weighted by Crippen LogP contribution is 2.32. The molecule has 2 aliphatic heterocycles. The molecule has 5 N–H and O–H groups in total. The maximum atomic E-state index is 14.9. The summed E-state index contributed by atoms with van der Waals surface area (Å²) < 4.78 is 33.9. The molecular weight excluding hydrogens is 1140 g/mol. The second kappa shape index (κ2) is 34.7. The van der Waals surface area contributed by atoms with E-state index in [2.05, 4.69) is 37.2 Å². The van der Waals surface area contributed by atoms with Gasteiger partial charge in [0.1, 0.15) is 19.5 Å². The van der Waals surface area contributed by atoms with Crippen LogP contribution in [0, 0.1) is 29.6 Å². The van der Waals surface area contributed by atoms with Crippen LogP contribution in [0.15, 0.2) is 60.7 Å². The number of aliphatic hydroxyl groups is 1. The van der Waals surface area contributed by atoms with Gasteiger partial charge < -0.3 is 64.2 Å². The first kappa shape index (κ1) is 69.5. The minimum absolute atomic E-state index is 0.0312. The van der Waals surface area contributed by atoms with Gasteiger partial charge in [-0.2, -0.15) is 0 Å². The zero-order chi connectivity index (χ0) is 61.5. The molecule has 7 amide bonds. The number of anilines is 2. The van der Waals surface area contributed by atoms with E-state index in [1.165, 1.54) is 38.3 Å². The molecule has 2 aliphatic rings. The second-order valence-electron chi connectivity index (χ2n) is 22.1. The van der Waals surface area contributed by atoms with Crippen LogP contribution in [0.4, 0.5) is 21.0 Å². The molecule has 0 radical (unpaired) electrons. The van der Waals surface area contributed by atoms with Crippen LogP contribution in [-0.4, -0.2) is 177 Å². The van der Waals surface area contributed by atoms with Crippen molar-refractivity contribution < 1.29 is 71.9 Å². The quantitative estimate of drug-likeness (QED) is 0.0390. The van der Waals surface area contributed by atoms with E-state index < -0.39 is 84.4 Å². The van der Waals surface area contributed by atoms with E-state index in [0.717, 1.165) is 0 Å². The van der Waals surface area contributed by atoms with E-state index in [4.69, 9.17) is 28.4 Å². The van der Waals surface area contributed by atoms with Gasteiger partial charge in [-0.25, -0.2) is 9.59 Å². The molecule has 2 heterocycles. The number of carbonyl (C=O) groups is 8. The third-order valence-corrected chi connectivity index (χ3v) is 16.0. The van der Waals surface area contributed by atoms with Crippen molar-refractivity contribution in [3.63, 3.8) is 0 Å². The molecule has 0 bridgehead atoms. The van der Waals surface area contributed by atoms with E-state index in [0.29, 0.717) is 36.9 Å². The molecule has 2 aromatic rings. The lowest BCUT2D eigenvalue weighted by atomic mass is 9.83. The number of nitrogens with one attached hydrogen (secondary N) is 4. The molecule has 0 aromatic heterocycles. The van der Waals surface area contributed by atoms with Crippen molar-refractivity contribution >= 4 is 74.8 Å². The standard InChI is InChI=1S/C60H90BrN7O15/c1-13-38(6)54(49(78-11)31-52(72)68-27-17-22-47(68)56(79-12)39(7)57(74)63-40(8)55(73)42-19-15-14-16-20-42)66(9)58(75)44(36(2)3)30-48(69)53(37(4)5)67(10)60(77)82-33-41-23-24-45(46(29-41)64-50(70)25-26-62-51(71)32-61)65-59(76)83-43-21-18-28-80-35-81-34-43/h14-16,18-21,23-24,29,36-40,43-44,47,49,53-56,73H,13,17,22,25-28,30-35H2,1-12H3,(H,62,71)(H,63,74)(H,64,70)(H,65,76)/b21-18+/t38-,39+,40+,43?,44-,47-,49+,53-,54-,55+,56+/m0/s1. The van der Waals surface area contributed by atoms with Crippen molar-refractivity contribution in [3.05, 3.63) is 71.8 Å². The van der Waals surface area contributed by atoms with Gasteiger partial charge in [-0.05, 0) is 66.9 Å². The van der Waals surface area contributed by atoms with Gasteiger partial charge >= 0.3 is 12.2 Å². The van der Waals surface area contributed by atoms with Gasteiger partial charge in [0.15, 0.2) is 5.78 Å². The smallest absolute Gasteiger partial charge is 0.412 e. The second-order valence-corrected chi connectivity index (χ2v) is 22.7. The molecule has 1 fully saturated rings. The number of halogens is 1. The third-order valence-electron chi connectivity index (χ3n) is 15.5. The Balaban J connectivity index is 1.46. The fourth-order valence-electron chi connectivity index (χ4n) is 10.7. The van der Waals surface area contributed by atoms with Crippen molar-refractivity contribution in [2.24, 2.45) is 29.6 Å². The summed E-state index contributed by atoms with van der Waals surface area (Å²) in [6.07, 6.45) is 0.193. The number of ketones is 1. The monoisotopic (exact) mass is 1230 g/mol. The highest BCUT2D eigenvalue weighted by Gasteiger charge is 2.44. The van der Waals surface area contributed by atoms with E-state index in [-0.39, 0.29) is 110 Å². The molecule has 0 spiro atoms. The summed E-state index contributed by atoms with van der Waals surface area (Å²) in [6.45, 7) is 15.3. The van der Waals surface area contributed by atoms with Gasteiger partial charge in [0, 0.05) is 60.2 Å². The van der Waals surface area contributed by atoms with Gasteiger partial charge in [-0.15, -0.1) is 0 Å². The maximum absolute atomic E-state index is 14.9. The van der Waals surface area contributed by atoms with Crippen LogP contribution in [0.1, 0.15) is 111 Å². The van der Waals surface area contributed by atoms with Crippen molar-refractivity contribution in [3.8, 4) is 0 Å². The number of amides is 7. The molecule has 1 unspecified atom stereocenters. The molecule has 0 aliphatic carbocycles. The van der Waals surface area contributed by atoms with Crippen LogP contribution in [0.5, 0.6) is 0 Å². The summed E-state index contributed by atoms with van der Waals surface area (Å²) in [4.78, 5) is 114. The number of likely N-dealkylation sites (N-methyl/N-ethyl adjacent to an activating group) is 2. The van der Waals surface area contributed by atoms with Gasteiger partial charge in [-0.1, -0.05) is 113 Å². The molecule has 0 saturated carbocycles. The highest BCUT2D eigenvalue weighted by molar-refractivity contribution is 9.09. The number of carbonyl (C=O) groups excluding carboxylic acids is 8. The lowest BCUT2D eigenvalue weighted by Crippen LogP contribution is -2.55. The maximum Gasteiger partial charge on any atom is 0.412 e. The average molecular weight is 1230 g/mol. The van der Waals surface area contributed by atoms with E-state index >= 15 is 0 Å². The zero-order valence-corrected chi connectivity index (χ0v) is 51.9. The van der Waals surface area contributed by atoms with Crippen LogP contribution in [0.25, 0.3) is 0 Å². The SMILES string of the molecule is CC[C@H](C)[C@@H]([C@@H](CC(=O)N1CCC[C@H]1[C@H](OC)[C@@H](C)C(=O)N[C@H](C)[C@@H](O)c1ccccc1)OC)N(C)C(=O)[C@@H](CC(=O)[C@H](C(C)C)N(C)C(=O)OCc1ccc(NC(=O)OC2/C=C/COCOC2)c(NC(=O)CCNC(=O)CBr)c1)C(C)C. The molecule has 1 saturated heterocycles. The van der Waals surface area contributed by atoms with E-state index in [1.807, 2.05) is 45.9 Å². The fourth-order valence-corrected chi connectivity index (χ4v) is 10.9. The Morgan fingerprint density at radius 1 is 0.855 bits per heavy atom. The largest absolute Gasteiger partial charge is 0.445 e. The predicted octanol–water partition coefficient (Wildman–Crippen LogP) is 6.99. The lowest BCUT2D eigenvalue weighted by Gasteiger charge is -2.41. The Morgan fingerprint density at radius 2 is 1.57 bits per heavy atom. The van der Waals surface area contributed by atoms with Crippen LogP contribution in [0.3, 0.4) is 0 Å². The van der Waals surface area contributed by atoms with Gasteiger partial charge in [0.05, 0.1) is 84.7 Å². The van der Waals surface area contributed by atoms with Crippen LogP contribution in [0.2, 0.25) is 0 Å². The fraction of sp³-hybridized carbons (Fsp3) is 0.633. The number of nitrogens with zero attached hydrogens (tertiary/aromatic N) is 3. The predicted molar refractivity (Wildman–Crippen MR) is 316 cm³/mol. The molecule has 2 aromatic carbocycles. The highest BCUT2D eigenvalue weighted by atomic mass is 79.9. The first-order valence-corrected chi connectivity index (χ1v) is 29.7. The normalized spacial score (nSPS) is 19.0. The topological polar surface area (TPSA) is 270 Å². The number of ether oxygens (including phenoxy) is 6. The van der Waals surface area contributed by atoms with Gasteiger partial charge in [0.2, 0.25) is 29.5 Å². The van der Waals surface area contributed by atoms with Crippen LogP contribution < -0.4 is 21.3 Å². The zero-order valence-electron chi connectivity index (χ0n) is 50.4. The summed E-state index contributed by atoms with van der Waals surface area (Å²) in [7, 11) is 6.17. The molecule has 11 atom stereocenters. The molecule has 83 heavy (non-hydrogen) atoms. The van der Waals surface area contributed by atoms with Crippen molar-refractivity contribution in [2.45, 2.75) is 149 Å². The number of methoxy groups -OCH3 is 2. The minimum Gasteiger partial charge on any atom is -0.445 e. The lowest BCUT2D eigenvalue weighted by molar-refractivity contribution is -0.149. The Bertz CT molecular complexity index is 2480. The summed E-state index contributed by atoms with van der Waals surface area (Å²) in [5.74, 6) is -4.35. The number of hydrogen-bond donors (Lipinski definition) is 5. The van der Waals surface area contributed by atoms with Gasteiger partial charge in [-0.3, -0.25) is 34.1 Å². The van der Waals surface area contributed by atoms with Crippen molar-refractivity contribution in [2.75, 3.05) is 77.4 Å².